The molecule has 0 unspecified atom stereocenters. The molecule has 0 saturated carbocycles. The summed E-state index contributed by atoms with van der Waals surface area (Å²) in [5.74, 6) is -1.31. The van der Waals surface area contributed by atoms with Crippen molar-refractivity contribution in [3.05, 3.63) is 12.2 Å². The minimum atomic E-state index is -4.59. The minimum absolute atomic E-state index is 0.405. The van der Waals surface area contributed by atoms with Crippen molar-refractivity contribution in [1.82, 2.24) is 15.0 Å². The van der Waals surface area contributed by atoms with E-state index in [2.05, 4.69) is 19.7 Å². The standard InChI is InChI=1S/C5H3F3N3O/c1-12-4-10-2-9-3(11-4)5(6,7)8/h1H3. The van der Waals surface area contributed by atoms with Gasteiger partial charge < -0.3 is 4.74 Å². The van der Waals surface area contributed by atoms with Crippen LogP contribution >= 0.6 is 0 Å². The summed E-state index contributed by atoms with van der Waals surface area (Å²) < 4.78 is 40.0. The van der Waals surface area contributed by atoms with E-state index in [0.717, 1.165) is 7.11 Å². The first-order valence-corrected chi connectivity index (χ1v) is 2.77. The van der Waals surface area contributed by atoms with Gasteiger partial charge in [0.05, 0.1) is 7.11 Å². The third-order valence-corrected chi connectivity index (χ3v) is 0.939. The van der Waals surface area contributed by atoms with Crippen molar-refractivity contribution in [2.24, 2.45) is 0 Å². The summed E-state index contributed by atoms with van der Waals surface area (Å²) in [5, 5.41) is 0. The summed E-state index contributed by atoms with van der Waals surface area (Å²) >= 11 is 0. The highest BCUT2D eigenvalue weighted by Crippen LogP contribution is 2.25. The average Bonchev–Trinajstić information content (AvgIpc) is 2.03. The Hall–Kier alpha value is -1.40. The van der Waals surface area contributed by atoms with E-state index >= 15 is 0 Å². The molecule has 0 N–H and O–H groups in total. The molecule has 0 aliphatic carbocycles. The topological polar surface area (TPSA) is 47.9 Å². The lowest BCUT2D eigenvalue weighted by Crippen LogP contribution is -2.12. The van der Waals surface area contributed by atoms with Gasteiger partial charge in [-0.25, -0.2) is 4.98 Å². The second-order valence-corrected chi connectivity index (χ2v) is 1.74. The fourth-order valence-electron chi connectivity index (χ4n) is 0.474. The van der Waals surface area contributed by atoms with Crippen LogP contribution in [0.25, 0.3) is 0 Å². The molecule has 7 heteroatoms. The molecule has 0 aliphatic heterocycles. The van der Waals surface area contributed by atoms with Gasteiger partial charge >= 0.3 is 12.2 Å². The van der Waals surface area contributed by atoms with E-state index in [1.165, 1.54) is 0 Å². The minimum Gasteiger partial charge on any atom is -0.467 e. The van der Waals surface area contributed by atoms with Crippen molar-refractivity contribution in [2.75, 3.05) is 7.11 Å². The summed E-state index contributed by atoms with van der Waals surface area (Å²) in [4.78, 5) is 8.97. The van der Waals surface area contributed by atoms with Crippen LogP contribution in [0.2, 0.25) is 0 Å². The fraction of sp³-hybridized carbons (Fsp3) is 0.400. The number of hydrogen-bond acceptors (Lipinski definition) is 4. The van der Waals surface area contributed by atoms with Crippen LogP contribution in [0.15, 0.2) is 0 Å². The number of ether oxygens (including phenoxy) is 1. The van der Waals surface area contributed by atoms with Gasteiger partial charge in [-0.15, -0.1) is 0 Å². The molecule has 0 aromatic carbocycles. The van der Waals surface area contributed by atoms with Gasteiger partial charge in [-0.3, -0.25) is 0 Å². The lowest BCUT2D eigenvalue weighted by Gasteiger charge is -2.03. The van der Waals surface area contributed by atoms with Crippen molar-refractivity contribution < 1.29 is 17.9 Å². The smallest absolute Gasteiger partial charge is 0.451 e. The molecular formula is C5H3F3N3O. The highest BCUT2D eigenvalue weighted by Gasteiger charge is 2.35. The maximum atomic E-state index is 11.9. The Balaban J connectivity index is 3.02. The van der Waals surface area contributed by atoms with Crippen LogP contribution in [0.4, 0.5) is 13.2 Å². The second kappa shape index (κ2) is 2.92. The van der Waals surface area contributed by atoms with Crippen molar-refractivity contribution in [3.8, 4) is 6.01 Å². The normalized spacial score (nSPS) is 11.3. The molecule has 1 aromatic rings. The van der Waals surface area contributed by atoms with Gasteiger partial charge in [-0.05, 0) is 0 Å². The molecule has 0 fully saturated rings. The highest BCUT2D eigenvalue weighted by molar-refractivity contribution is 4.97. The van der Waals surface area contributed by atoms with Crippen molar-refractivity contribution in [2.45, 2.75) is 6.18 Å². The quantitative estimate of drug-likeness (QED) is 0.635. The zero-order valence-corrected chi connectivity index (χ0v) is 5.88. The van der Waals surface area contributed by atoms with Gasteiger partial charge in [0, 0.05) is 0 Å². The van der Waals surface area contributed by atoms with Gasteiger partial charge in [-0.2, -0.15) is 23.1 Å². The summed E-state index contributed by atoms with van der Waals surface area (Å²) in [6, 6.07) is -0.405. The Morgan fingerprint density at radius 3 is 2.50 bits per heavy atom. The van der Waals surface area contributed by atoms with Gasteiger partial charge in [0.1, 0.15) is 0 Å². The molecule has 1 radical (unpaired) electrons. The molecule has 0 spiro atoms. The number of rotatable bonds is 1. The van der Waals surface area contributed by atoms with Gasteiger partial charge in [0.2, 0.25) is 12.2 Å². The van der Waals surface area contributed by atoms with Crippen LogP contribution in [0, 0.1) is 6.33 Å². The Morgan fingerprint density at radius 2 is 2.00 bits per heavy atom. The van der Waals surface area contributed by atoms with Gasteiger partial charge in [0.15, 0.2) is 0 Å². The number of halogens is 3. The fourth-order valence-corrected chi connectivity index (χ4v) is 0.474. The Labute approximate surface area is 65.4 Å². The second-order valence-electron chi connectivity index (χ2n) is 1.74. The molecule has 0 atom stereocenters. The van der Waals surface area contributed by atoms with E-state index in [0.29, 0.717) is 0 Å². The first kappa shape index (κ1) is 8.69. The Kier molecular flexibility index (Phi) is 2.11. The van der Waals surface area contributed by atoms with E-state index in [9.17, 15) is 13.2 Å². The zero-order chi connectivity index (χ0) is 9.19. The van der Waals surface area contributed by atoms with Gasteiger partial charge in [-0.1, -0.05) is 0 Å². The van der Waals surface area contributed by atoms with Crippen LogP contribution in [-0.4, -0.2) is 22.1 Å². The molecule has 1 rings (SSSR count). The Bertz CT molecular complexity index is 275. The molecule has 1 heterocycles. The molecule has 0 amide bonds. The Morgan fingerprint density at radius 1 is 1.33 bits per heavy atom. The molecular weight excluding hydrogens is 175 g/mol. The predicted molar refractivity (Wildman–Crippen MR) is 30.2 cm³/mol. The number of alkyl halides is 3. The number of hydrogen-bond donors (Lipinski definition) is 0. The molecule has 65 valence electrons. The highest BCUT2D eigenvalue weighted by atomic mass is 19.4. The summed E-state index contributed by atoms with van der Waals surface area (Å²) in [6.07, 6.45) is -2.81. The van der Waals surface area contributed by atoms with E-state index in [4.69, 9.17) is 0 Å². The SMILES string of the molecule is COc1n[c]nc(C(F)(F)F)n1. The van der Waals surface area contributed by atoms with Crippen molar-refractivity contribution in [3.63, 3.8) is 0 Å². The third kappa shape index (κ3) is 1.80. The molecule has 0 bridgehead atoms. The van der Waals surface area contributed by atoms with E-state index in [-0.39, 0.29) is 0 Å². The maximum absolute atomic E-state index is 11.9. The monoisotopic (exact) mass is 178 g/mol. The number of nitrogens with zero attached hydrogens (tertiary/aromatic N) is 3. The van der Waals surface area contributed by atoms with E-state index < -0.39 is 18.0 Å². The molecule has 12 heavy (non-hydrogen) atoms. The van der Waals surface area contributed by atoms with Crippen LogP contribution in [-0.2, 0) is 6.18 Å². The number of methoxy groups -OCH3 is 1. The average molecular weight is 178 g/mol. The van der Waals surface area contributed by atoms with Crippen LogP contribution in [0.5, 0.6) is 6.01 Å². The van der Waals surface area contributed by atoms with E-state index in [1.54, 1.807) is 6.33 Å². The van der Waals surface area contributed by atoms with Crippen LogP contribution in [0.3, 0.4) is 0 Å². The summed E-state index contributed by atoms with van der Waals surface area (Å²) in [5.41, 5.74) is 0. The summed E-state index contributed by atoms with van der Waals surface area (Å²) in [6.45, 7) is 0. The molecule has 0 aliphatic rings. The van der Waals surface area contributed by atoms with E-state index in [1.807, 2.05) is 0 Å². The molecule has 4 nitrogen and oxygen atoms in total. The lowest BCUT2D eigenvalue weighted by atomic mass is 10.6. The first-order valence-electron chi connectivity index (χ1n) is 2.77. The van der Waals surface area contributed by atoms with Crippen molar-refractivity contribution >= 4 is 0 Å². The van der Waals surface area contributed by atoms with Crippen molar-refractivity contribution in [1.29, 1.82) is 0 Å². The van der Waals surface area contributed by atoms with Gasteiger partial charge in [0.25, 0.3) is 0 Å². The largest absolute Gasteiger partial charge is 0.467 e. The maximum Gasteiger partial charge on any atom is 0.451 e. The lowest BCUT2D eigenvalue weighted by molar-refractivity contribution is -0.145. The zero-order valence-electron chi connectivity index (χ0n) is 5.88. The van der Waals surface area contributed by atoms with Crippen LogP contribution < -0.4 is 4.74 Å². The molecule has 0 saturated heterocycles. The first-order chi connectivity index (χ1) is 5.54. The molecule has 1 aromatic heterocycles. The number of aromatic nitrogens is 3. The summed E-state index contributed by atoms with van der Waals surface area (Å²) in [7, 11) is 1.16. The third-order valence-electron chi connectivity index (χ3n) is 0.939. The predicted octanol–water partition coefficient (Wildman–Crippen LogP) is 0.699. The van der Waals surface area contributed by atoms with Crippen LogP contribution in [0.1, 0.15) is 5.82 Å².